The fourth-order valence-corrected chi connectivity index (χ4v) is 2.46. The zero-order valence-corrected chi connectivity index (χ0v) is 16.8. The molecule has 0 saturated heterocycles. The molecule has 29 heavy (non-hydrogen) atoms. The Hall–Kier alpha value is -3.44. The van der Waals surface area contributed by atoms with Gasteiger partial charge in [-0.1, -0.05) is 20.8 Å². The third kappa shape index (κ3) is 5.53. The molecule has 12 heteroatoms. The first-order valence-electron chi connectivity index (χ1n) is 8.93. The predicted octanol–water partition coefficient (Wildman–Crippen LogP) is -0.763. The van der Waals surface area contributed by atoms with Crippen LogP contribution >= 0.6 is 0 Å². The van der Waals surface area contributed by atoms with Gasteiger partial charge in [0.15, 0.2) is 11.2 Å². The summed E-state index contributed by atoms with van der Waals surface area (Å²) in [6.45, 7) is 4.61. The third-order valence-corrected chi connectivity index (χ3v) is 4.04. The molecular weight excluding hydrogens is 382 g/mol. The second-order valence-corrected chi connectivity index (χ2v) is 7.42. The number of carbonyl (C=O) groups is 3. The summed E-state index contributed by atoms with van der Waals surface area (Å²) < 4.78 is 1.37. The molecule has 2 heterocycles. The number of carboxylic acids is 1. The molecule has 0 spiro atoms. The number of nitrogens with zero attached hydrogens (tertiary/aromatic N) is 4. The Morgan fingerprint density at radius 2 is 2.00 bits per heavy atom. The Kier molecular flexibility index (Phi) is 6.56. The van der Waals surface area contributed by atoms with E-state index in [4.69, 9.17) is 5.11 Å². The maximum atomic E-state index is 12.7. The fourth-order valence-electron chi connectivity index (χ4n) is 2.46. The topological polar surface area (TPSA) is 162 Å². The van der Waals surface area contributed by atoms with Crippen molar-refractivity contribution < 1.29 is 19.5 Å². The van der Waals surface area contributed by atoms with Crippen molar-refractivity contribution in [3.63, 3.8) is 0 Å². The highest BCUT2D eigenvalue weighted by molar-refractivity contribution is 5.83. The Morgan fingerprint density at radius 3 is 2.59 bits per heavy atom. The second kappa shape index (κ2) is 8.71. The summed E-state index contributed by atoms with van der Waals surface area (Å²) in [7, 11) is 1.58. The minimum Gasteiger partial charge on any atom is -0.480 e. The van der Waals surface area contributed by atoms with E-state index in [1.165, 1.54) is 10.9 Å². The quantitative estimate of drug-likeness (QED) is 0.444. The molecule has 0 aliphatic rings. The van der Waals surface area contributed by atoms with Crippen LogP contribution in [0, 0.1) is 5.41 Å². The number of H-pyrrole nitrogens is 1. The van der Waals surface area contributed by atoms with Crippen molar-refractivity contribution in [2.75, 3.05) is 32.0 Å². The van der Waals surface area contributed by atoms with Crippen LogP contribution < -0.4 is 16.2 Å². The van der Waals surface area contributed by atoms with Gasteiger partial charge >= 0.3 is 5.97 Å². The van der Waals surface area contributed by atoms with Gasteiger partial charge in [-0.15, -0.1) is 0 Å². The molecule has 0 radical (unpaired) electrons. The van der Waals surface area contributed by atoms with E-state index in [-0.39, 0.29) is 42.7 Å². The molecule has 0 saturated carbocycles. The van der Waals surface area contributed by atoms with Crippen molar-refractivity contribution in [2.24, 2.45) is 5.41 Å². The average molecular weight is 407 g/mol. The molecule has 2 amide bonds. The Labute approximate surface area is 166 Å². The number of rotatable bonds is 8. The van der Waals surface area contributed by atoms with Crippen LogP contribution in [-0.4, -0.2) is 74.0 Å². The molecule has 0 aromatic carbocycles. The average Bonchev–Trinajstić information content (AvgIpc) is 3.02. The van der Waals surface area contributed by atoms with Crippen molar-refractivity contribution >= 4 is 34.9 Å². The van der Waals surface area contributed by atoms with Crippen LogP contribution in [0.4, 0.5) is 5.95 Å². The molecule has 2 rings (SSSR count). The SMILES string of the molecule is CNc1nc2c(ncn2CC(=O)N(CCNC(=O)C(C)(C)C)CC(=O)O)c(=O)[nH]1. The number of imidazole rings is 1. The summed E-state index contributed by atoms with van der Waals surface area (Å²) in [5.74, 6) is -1.68. The van der Waals surface area contributed by atoms with E-state index in [1.54, 1.807) is 27.8 Å². The van der Waals surface area contributed by atoms with Gasteiger partial charge < -0.3 is 25.2 Å². The lowest BCUT2D eigenvalue weighted by molar-refractivity contribution is -0.144. The molecule has 0 aliphatic carbocycles. The number of aromatic amines is 1. The van der Waals surface area contributed by atoms with E-state index in [1.807, 2.05) is 0 Å². The molecule has 4 N–H and O–H groups in total. The fraction of sp³-hybridized carbons (Fsp3) is 0.529. The Morgan fingerprint density at radius 1 is 1.31 bits per heavy atom. The van der Waals surface area contributed by atoms with Gasteiger partial charge in [0, 0.05) is 25.6 Å². The Bertz CT molecular complexity index is 973. The summed E-state index contributed by atoms with van der Waals surface area (Å²) in [5.41, 5.74) is -0.791. The second-order valence-electron chi connectivity index (χ2n) is 7.42. The molecule has 12 nitrogen and oxygen atoms in total. The number of hydrogen-bond donors (Lipinski definition) is 4. The van der Waals surface area contributed by atoms with Crippen LogP contribution in [0.5, 0.6) is 0 Å². The van der Waals surface area contributed by atoms with Crippen LogP contribution in [0.3, 0.4) is 0 Å². The molecule has 0 fully saturated rings. The van der Waals surface area contributed by atoms with Crippen molar-refractivity contribution in [3.05, 3.63) is 16.7 Å². The number of anilines is 1. The zero-order valence-electron chi connectivity index (χ0n) is 16.8. The standard InChI is InChI=1S/C17H25N7O5/c1-17(2,3)15(29)19-5-6-23(8-11(26)27)10(25)7-24-9-20-12-13(24)21-16(18-4)22-14(12)28/h9H,5-8H2,1-4H3,(H,19,29)(H,26,27)(H2,18,21,22,28). The van der Waals surface area contributed by atoms with Crippen molar-refractivity contribution in [3.8, 4) is 0 Å². The smallest absolute Gasteiger partial charge is 0.323 e. The first-order chi connectivity index (χ1) is 13.5. The summed E-state index contributed by atoms with van der Waals surface area (Å²) in [6.07, 6.45) is 1.30. The lowest BCUT2D eigenvalue weighted by atomic mass is 9.96. The minimum atomic E-state index is -1.18. The highest BCUT2D eigenvalue weighted by atomic mass is 16.4. The van der Waals surface area contributed by atoms with E-state index >= 15 is 0 Å². The lowest BCUT2D eigenvalue weighted by Crippen LogP contribution is -2.44. The molecule has 158 valence electrons. The number of carboxylic acid groups (broad SMARTS) is 1. The summed E-state index contributed by atoms with van der Waals surface area (Å²) in [4.78, 5) is 59.5. The highest BCUT2D eigenvalue weighted by Crippen LogP contribution is 2.12. The van der Waals surface area contributed by atoms with Gasteiger partial charge in [-0.05, 0) is 0 Å². The van der Waals surface area contributed by atoms with Crippen LogP contribution in [0.2, 0.25) is 0 Å². The predicted molar refractivity (Wildman–Crippen MR) is 104 cm³/mol. The summed E-state index contributed by atoms with van der Waals surface area (Å²) in [5, 5.41) is 14.5. The van der Waals surface area contributed by atoms with Crippen molar-refractivity contribution in [1.82, 2.24) is 29.7 Å². The van der Waals surface area contributed by atoms with Gasteiger partial charge in [-0.2, -0.15) is 4.98 Å². The van der Waals surface area contributed by atoms with Gasteiger partial charge in [0.25, 0.3) is 5.56 Å². The summed E-state index contributed by atoms with van der Waals surface area (Å²) >= 11 is 0. The first-order valence-corrected chi connectivity index (χ1v) is 8.93. The minimum absolute atomic E-state index is 0.0232. The van der Waals surface area contributed by atoms with Crippen LogP contribution in [0.15, 0.2) is 11.1 Å². The highest BCUT2D eigenvalue weighted by Gasteiger charge is 2.23. The summed E-state index contributed by atoms with van der Waals surface area (Å²) in [6, 6.07) is 0. The molecule has 2 aromatic heterocycles. The number of fused-ring (bicyclic) bond motifs is 1. The van der Waals surface area contributed by atoms with E-state index < -0.39 is 29.4 Å². The van der Waals surface area contributed by atoms with Crippen LogP contribution in [0.25, 0.3) is 11.2 Å². The maximum Gasteiger partial charge on any atom is 0.323 e. The number of carbonyl (C=O) groups excluding carboxylic acids is 2. The van der Waals surface area contributed by atoms with Crippen molar-refractivity contribution in [1.29, 1.82) is 0 Å². The lowest BCUT2D eigenvalue weighted by Gasteiger charge is -2.23. The van der Waals surface area contributed by atoms with E-state index in [0.29, 0.717) is 0 Å². The van der Waals surface area contributed by atoms with Crippen molar-refractivity contribution in [2.45, 2.75) is 27.3 Å². The third-order valence-electron chi connectivity index (χ3n) is 4.04. The van der Waals surface area contributed by atoms with E-state index in [0.717, 1.165) is 4.90 Å². The molecule has 0 atom stereocenters. The molecule has 0 aliphatic heterocycles. The monoisotopic (exact) mass is 407 g/mol. The van der Waals surface area contributed by atoms with Gasteiger partial charge in [-0.3, -0.25) is 24.2 Å². The van der Waals surface area contributed by atoms with Gasteiger partial charge in [-0.25, -0.2) is 4.98 Å². The molecule has 0 bridgehead atoms. The normalized spacial score (nSPS) is 11.3. The van der Waals surface area contributed by atoms with Gasteiger partial charge in [0.1, 0.15) is 13.1 Å². The maximum absolute atomic E-state index is 12.7. The molecule has 2 aromatic rings. The van der Waals surface area contributed by atoms with Crippen LogP contribution in [0.1, 0.15) is 20.8 Å². The van der Waals surface area contributed by atoms with Gasteiger partial charge in [0.05, 0.1) is 6.33 Å². The number of hydrogen-bond acceptors (Lipinski definition) is 7. The largest absolute Gasteiger partial charge is 0.480 e. The van der Waals surface area contributed by atoms with E-state index in [2.05, 4.69) is 25.6 Å². The molecule has 0 unspecified atom stereocenters. The number of amides is 2. The number of aromatic nitrogens is 4. The van der Waals surface area contributed by atoms with Crippen LogP contribution in [-0.2, 0) is 20.9 Å². The number of nitrogens with one attached hydrogen (secondary N) is 3. The number of aliphatic carboxylic acids is 1. The molecular formula is C17H25N7O5. The van der Waals surface area contributed by atoms with Gasteiger partial charge in [0.2, 0.25) is 17.8 Å². The Balaban J connectivity index is 2.14. The first kappa shape index (κ1) is 21.9. The zero-order chi connectivity index (χ0) is 21.8. The van der Waals surface area contributed by atoms with E-state index in [9.17, 15) is 19.2 Å².